The number of primary amides is 1. The number of rotatable bonds is 16. The van der Waals surface area contributed by atoms with E-state index in [0.29, 0.717) is 71.0 Å². The van der Waals surface area contributed by atoms with Gasteiger partial charge in [-0.15, -0.1) is 0 Å². The van der Waals surface area contributed by atoms with E-state index >= 15 is 0 Å². The molecule has 12 N–H and O–H groups in total. The molecule has 0 aromatic heterocycles. The summed E-state index contributed by atoms with van der Waals surface area (Å²) in [6.07, 6.45) is 0.884. The third-order valence-corrected chi connectivity index (χ3v) is 12.6. The molecule has 11 atom stereocenters. The first-order valence-corrected chi connectivity index (χ1v) is 22.0. The normalized spacial score (nSPS) is 25.2. The number of nitrogens with two attached hydrogens (primary N) is 3. The number of benzene rings is 1. The number of aliphatic hydroxyl groups is 4. The smallest absolute Gasteiger partial charge is 0.247 e. The summed E-state index contributed by atoms with van der Waals surface area (Å²) >= 11 is 0. The number of carbonyl (C=O) groups excluding carboxylic acids is 8. The molecule has 4 unspecified atom stereocenters. The lowest BCUT2D eigenvalue weighted by molar-refractivity contribution is -0.152. The quantitative estimate of drug-likeness (QED) is 0.0774. The van der Waals surface area contributed by atoms with Crippen LogP contribution in [0.1, 0.15) is 84.6 Å². The highest BCUT2D eigenvalue weighted by atomic mass is 16.3. The molecule has 7 amide bonds. The van der Waals surface area contributed by atoms with Gasteiger partial charge in [0.2, 0.25) is 41.4 Å². The summed E-state index contributed by atoms with van der Waals surface area (Å²) in [5.74, 6) is -4.04. The fourth-order valence-corrected chi connectivity index (χ4v) is 9.09. The Hall–Kier alpha value is -5.06. The minimum absolute atomic E-state index is 0.185. The lowest BCUT2D eigenvalue weighted by Crippen LogP contribution is -2.65. The lowest BCUT2D eigenvalue weighted by Gasteiger charge is -2.41. The highest BCUT2D eigenvalue weighted by molar-refractivity contribution is 5.98. The highest BCUT2D eigenvalue weighted by Gasteiger charge is 2.53. The van der Waals surface area contributed by atoms with E-state index in [9.17, 15) is 53.7 Å². The van der Waals surface area contributed by atoms with Crippen LogP contribution >= 0.6 is 0 Å². The number of likely N-dealkylation sites (tertiary alicyclic amines) is 4. The Morgan fingerprint density at radius 2 is 1.23 bits per heavy atom. The molecule has 21 nitrogen and oxygen atoms in total. The minimum Gasteiger partial charge on any atom is -0.394 e. The number of ketones is 1. The molecule has 356 valence electrons. The fraction of sp³-hybridized carbons (Fsp3) is 0.674. The van der Waals surface area contributed by atoms with Crippen LogP contribution in [0.15, 0.2) is 30.3 Å². The summed E-state index contributed by atoms with van der Waals surface area (Å²) < 4.78 is 0. The molecule has 64 heavy (non-hydrogen) atoms. The highest BCUT2D eigenvalue weighted by Crippen LogP contribution is 2.36. The van der Waals surface area contributed by atoms with Gasteiger partial charge in [0, 0.05) is 32.6 Å². The Morgan fingerprint density at radius 1 is 0.703 bits per heavy atom. The van der Waals surface area contributed by atoms with Crippen LogP contribution in [0.4, 0.5) is 0 Å². The number of hydrogen-bond donors (Lipinski definition) is 9. The Morgan fingerprint density at radius 3 is 1.75 bits per heavy atom. The number of carbonyl (C=O) groups is 8. The molecule has 0 aliphatic carbocycles. The van der Waals surface area contributed by atoms with Crippen molar-refractivity contribution < 1.29 is 58.8 Å². The average Bonchev–Trinajstić information content (AvgIpc) is 4.10. The lowest BCUT2D eigenvalue weighted by atomic mass is 9.86. The maximum atomic E-state index is 13.9. The monoisotopic (exact) mass is 901 g/mol. The van der Waals surface area contributed by atoms with Crippen LogP contribution in [0.25, 0.3) is 0 Å². The van der Waals surface area contributed by atoms with Gasteiger partial charge in [-0.2, -0.15) is 0 Å². The first-order valence-electron chi connectivity index (χ1n) is 22.0. The fourth-order valence-electron chi connectivity index (χ4n) is 9.09. The second-order valence-corrected chi connectivity index (χ2v) is 17.3. The molecule has 1 aromatic rings. The van der Waals surface area contributed by atoms with Crippen LogP contribution in [-0.4, -0.2) is 186 Å². The maximum Gasteiger partial charge on any atom is 0.247 e. The zero-order valence-electron chi connectivity index (χ0n) is 37.1. The molecule has 21 heteroatoms. The third-order valence-electron chi connectivity index (χ3n) is 12.6. The van der Waals surface area contributed by atoms with Crippen molar-refractivity contribution in [2.45, 2.75) is 152 Å². The van der Waals surface area contributed by atoms with E-state index < -0.39 is 102 Å². The van der Waals surface area contributed by atoms with Crippen molar-refractivity contribution in [3.8, 4) is 0 Å². The van der Waals surface area contributed by atoms with E-state index in [-0.39, 0.29) is 30.6 Å². The van der Waals surface area contributed by atoms with Crippen molar-refractivity contribution in [3.05, 3.63) is 35.9 Å². The molecule has 4 aliphatic rings. The van der Waals surface area contributed by atoms with Crippen molar-refractivity contribution in [1.29, 1.82) is 0 Å². The minimum atomic E-state index is -1.34. The SMILES string of the molecule is CC(=O)[C@@H](NC(=O)C1CCCN1C(=O)C1CCCN1C(=O)[C@@H](N)CO)[C@@H](C)O.C[C@@H](O)[C@H](N)C(=O)N1CCCC1C(=O)N1CCCC1(Cc1ccccc1)C(=O)N[C@H](C(N)=O)[C@@H](C)O. The van der Waals surface area contributed by atoms with Crippen LogP contribution in [0.3, 0.4) is 0 Å². The second kappa shape index (κ2) is 22.7. The Balaban J connectivity index is 0.000000290. The van der Waals surface area contributed by atoms with Gasteiger partial charge in [0.15, 0.2) is 5.78 Å². The Bertz CT molecular complexity index is 1850. The third kappa shape index (κ3) is 11.8. The van der Waals surface area contributed by atoms with Crippen molar-refractivity contribution in [3.63, 3.8) is 0 Å². The summed E-state index contributed by atoms with van der Waals surface area (Å²) in [7, 11) is 0. The molecule has 0 spiro atoms. The molecule has 4 aliphatic heterocycles. The summed E-state index contributed by atoms with van der Waals surface area (Å²) in [4.78, 5) is 108. The first-order chi connectivity index (χ1) is 30.2. The zero-order valence-corrected chi connectivity index (χ0v) is 37.1. The van der Waals surface area contributed by atoms with Gasteiger partial charge in [-0.1, -0.05) is 30.3 Å². The number of aliphatic hydroxyl groups excluding tert-OH is 4. The van der Waals surface area contributed by atoms with Gasteiger partial charge in [-0.3, -0.25) is 38.4 Å². The van der Waals surface area contributed by atoms with Gasteiger partial charge in [0.25, 0.3) is 0 Å². The van der Waals surface area contributed by atoms with Crippen LogP contribution in [-0.2, 0) is 44.8 Å². The number of amides is 7. The molecule has 5 rings (SSSR count). The topological polar surface area (TPSA) is 333 Å². The number of hydrogen-bond acceptors (Lipinski definition) is 14. The summed E-state index contributed by atoms with van der Waals surface area (Å²) in [5.41, 5.74) is 16.4. The molecule has 0 saturated carbocycles. The molecule has 4 heterocycles. The van der Waals surface area contributed by atoms with E-state index in [1.54, 1.807) is 0 Å². The van der Waals surface area contributed by atoms with Gasteiger partial charge in [0.1, 0.15) is 47.8 Å². The van der Waals surface area contributed by atoms with Gasteiger partial charge >= 0.3 is 0 Å². The number of nitrogens with zero attached hydrogens (tertiary/aromatic N) is 4. The van der Waals surface area contributed by atoms with E-state index in [4.69, 9.17) is 22.3 Å². The molecule has 0 bridgehead atoms. The van der Waals surface area contributed by atoms with Crippen molar-refractivity contribution >= 4 is 47.1 Å². The Kier molecular flexibility index (Phi) is 18.3. The number of nitrogens with one attached hydrogen (secondary N) is 2. The van der Waals surface area contributed by atoms with Gasteiger partial charge < -0.3 is 67.9 Å². The van der Waals surface area contributed by atoms with Crippen LogP contribution in [0, 0.1) is 0 Å². The standard InChI is InChI=1S/C25H37N5O6.C18H30N4O6/c1-15(31)19(26)23(35)29-12-6-10-18(29)22(34)30-13-7-11-25(30,14-17-8-4-3-5-9-17)24(36)28-20(16(2)32)21(27)33;1-10(24)15(11(2)25)20-16(26)13-5-3-7-21(13)18(28)14-6-4-8-22(14)17(27)12(19)9-23/h3-5,8-9,15-16,18-20,31-32H,6-7,10-14,26H2,1-2H3,(H2,27,33)(H,28,36);10,12-15,23-24H,3-9,19H2,1-2H3,(H,20,26)/t15-,16-,18?,19+,20+,25?;10-,12+,13?,14?,15+/m11/s1. The predicted octanol–water partition coefficient (Wildman–Crippen LogP) is -3.62. The largest absolute Gasteiger partial charge is 0.394 e. The first kappa shape index (κ1) is 51.6. The zero-order chi connectivity index (χ0) is 47.6. The van der Waals surface area contributed by atoms with Crippen molar-refractivity contribution in [1.82, 2.24) is 30.2 Å². The Labute approximate surface area is 373 Å². The van der Waals surface area contributed by atoms with E-state index in [0.717, 1.165) is 5.56 Å². The van der Waals surface area contributed by atoms with Crippen molar-refractivity contribution in [2.24, 2.45) is 17.2 Å². The number of Topliss-reactive ketones (excluding diaryl/α,β-unsaturated/α-hetero) is 1. The van der Waals surface area contributed by atoms with Crippen molar-refractivity contribution in [2.75, 3.05) is 32.8 Å². The second-order valence-electron chi connectivity index (χ2n) is 17.3. The maximum absolute atomic E-state index is 13.9. The van der Waals surface area contributed by atoms with Gasteiger partial charge in [-0.25, -0.2) is 0 Å². The van der Waals surface area contributed by atoms with E-state index in [2.05, 4.69) is 10.6 Å². The van der Waals surface area contributed by atoms with Crippen LogP contribution in [0.5, 0.6) is 0 Å². The van der Waals surface area contributed by atoms with Gasteiger partial charge in [-0.05, 0) is 84.6 Å². The van der Waals surface area contributed by atoms with E-state index in [1.807, 2.05) is 30.3 Å². The summed E-state index contributed by atoms with van der Waals surface area (Å²) in [6, 6.07) is 2.35. The molecule has 4 saturated heterocycles. The summed E-state index contributed by atoms with van der Waals surface area (Å²) in [5, 5.41) is 43.7. The molecule has 0 radical (unpaired) electrons. The van der Waals surface area contributed by atoms with Crippen LogP contribution < -0.4 is 27.8 Å². The molecule has 1 aromatic carbocycles. The molecular weight excluding hydrogens is 835 g/mol. The van der Waals surface area contributed by atoms with Gasteiger partial charge in [0.05, 0.1) is 24.9 Å². The predicted molar refractivity (Wildman–Crippen MR) is 230 cm³/mol. The average molecular weight is 902 g/mol. The summed E-state index contributed by atoms with van der Waals surface area (Å²) in [6.45, 7) is 6.33. The molecule has 4 fully saturated rings. The van der Waals surface area contributed by atoms with Crippen LogP contribution in [0.2, 0.25) is 0 Å². The van der Waals surface area contributed by atoms with E-state index in [1.165, 1.54) is 47.3 Å². The molecular formula is C43H67N9O12.